The van der Waals surface area contributed by atoms with Gasteiger partial charge in [-0.15, -0.1) is 5.10 Å². The van der Waals surface area contributed by atoms with E-state index < -0.39 is 0 Å². The van der Waals surface area contributed by atoms with Gasteiger partial charge in [0.25, 0.3) is 0 Å². The van der Waals surface area contributed by atoms with E-state index in [2.05, 4.69) is 27.3 Å². The highest BCUT2D eigenvalue weighted by Gasteiger charge is 2.19. The number of anilines is 1. The smallest absolute Gasteiger partial charge is 0.221 e. The number of nitrogens with one attached hydrogen (secondary N) is 1. The summed E-state index contributed by atoms with van der Waals surface area (Å²) in [6.45, 7) is 3.13. The van der Waals surface area contributed by atoms with Crippen molar-refractivity contribution in [2.24, 2.45) is 0 Å². The molecule has 82 valence electrons. The van der Waals surface area contributed by atoms with Gasteiger partial charge in [-0.3, -0.25) is 4.98 Å². The molecular weight excluding hydrogens is 202 g/mol. The Labute approximate surface area is 93.5 Å². The van der Waals surface area contributed by atoms with Crippen LogP contribution < -0.4 is 5.32 Å². The molecule has 3 heterocycles. The summed E-state index contributed by atoms with van der Waals surface area (Å²) in [5.74, 6) is 1.63. The Hall–Kier alpha value is -1.91. The zero-order valence-electron chi connectivity index (χ0n) is 9.09. The van der Waals surface area contributed by atoms with Crippen molar-refractivity contribution in [3.63, 3.8) is 0 Å². The molecule has 0 radical (unpaired) electrons. The van der Waals surface area contributed by atoms with Gasteiger partial charge in [0.05, 0.1) is 6.04 Å². The molecule has 0 aliphatic carbocycles. The van der Waals surface area contributed by atoms with E-state index in [9.17, 15) is 0 Å². The first-order valence-electron chi connectivity index (χ1n) is 5.45. The topological polar surface area (TPSA) is 55.6 Å². The molecule has 0 spiro atoms. The van der Waals surface area contributed by atoms with Gasteiger partial charge in [0.15, 0.2) is 5.82 Å². The first kappa shape index (κ1) is 9.33. The van der Waals surface area contributed by atoms with Gasteiger partial charge in [0.1, 0.15) is 0 Å². The minimum absolute atomic E-state index is 0.416. The number of fused-ring (bicyclic) bond motifs is 1. The zero-order valence-corrected chi connectivity index (χ0v) is 9.09. The summed E-state index contributed by atoms with van der Waals surface area (Å²) in [5, 5.41) is 7.77. The summed E-state index contributed by atoms with van der Waals surface area (Å²) in [5.41, 5.74) is 1.01. The lowest BCUT2D eigenvalue weighted by atomic mass is 10.2. The van der Waals surface area contributed by atoms with Crippen molar-refractivity contribution in [3.8, 4) is 11.4 Å². The maximum absolute atomic E-state index is 4.52. The molecule has 5 nitrogen and oxygen atoms in total. The lowest BCUT2D eigenvalue weighted by Crippen LogP contribution is -2.21. The maximum atomic E-state index is 4.52. The summed E-state index contributed by atoms with van der Waals surface area (Å²) in [7, 11) is 0. The van der Waals surface area contributed by atoms with Crippen molar-refractivity contribution in [1.29, 1.82) is 0 Å². The first-order chi connectivity index (χ1) is 7.84. The molecule has 0 fully saturated rings. The Balaban J connectivity index is 2.05. The average Bonchev–Trinajstić information content (AvgIpc) is 2.76. The van der Waals surface area contributed by atoms with E-state index in [-0.39, 0.29) is 0 Å². The molecule has 0 aromatic carbocycles. The second-order valence-electron chi connectivity index (χ2n) is 4.00. The molecule has 0 amide bonds. The number of aromatic nitrogens is 4. The minimum atomic E-state index is 0.416. The van der Waals surface area contributed by atoms with Crippen LogP contribution in [0.1, 0.15) is 19.4 Å². The predicted octanol–water partition coefficient (Wildman–Crippen LogP) is 1.72. The number of hydrogen-bond donors (Lipinski definition) is 1. The van der Waals surface area contributed by atoms with Gasteiger partial charge in [0.2, 0.25) is 5.95 Å². The maximum Gasteiger partial charge on any atom is 0.221 e. The molecule has 5 heteroatoms. The molecule has 0 bridgehead atoms. The summed E-state index contributed by atoms with van der Waals surface area (Å²) in [4.78, 5) is 8.47. The SMILES string of the molecule is CC1CCNc2nc(-c3ccncc3)nn21. The van der Waals surface area contributed by atoms with Gasteiger partial charge in [-0.1, -0.05) is 0 Å². The second-order valence-corrected chi connectivity index (χ2v) is 4.00. The fourth-order valence-corrected chi connectivity index (χ4v) is 1.89. The molecule has 1 atom stereocenters. The van der Waals surface area contributed by atoms with E-state index in [1.807, 2.05) is 16.8 Å². The van der Waals surface area contributed by atoms with Gasteiger partial charge >= 0.3 is 0 Å². The van der Waals surface area contributed by atoms with Crippen LogP contribution in [0.5, 0.6) is 0 Å². The third kappa shape index (κ3) is 1.44. The first-order valence-corrected chi connectivity index (χ1v) is 5.45. The Morgan fingerprint density at radius 2 is 2.19 bits per heavy atom. The van der Waals surface area contributed by atoms with Crippen LogP contribution in [-0.4, -0.2) is 26.3 Å². The highest BCUT2D eigenvalue weighted by atomic mass is 15.4. The molecule has 16 heavy (non-hydrogen) atoms. The molecular formula is C11H13N5. The van der Waals surface area contributed by atoms with E-state index in [0.717, 1.165) is 30.3 Å². The van der Waals surface area contributed by atoms with E-state index in [0.29, 0.717) is 6.04 Å². The van der Waals surface area contributed by atoms with Crippen LogP contribution in [-0.2, 0) is 0 Å². The Morgan fingerprint density at radius 3 is 2.94 bits per heavy atom. The zero-order chi connectivity index (χ0) is 11.0. The van der Waals surface area contributed by atoms with Crippen molar-refractivity contribution >= 4 is 5.95 Å². The Bertz CT molecular complexity index is 490. The Morgan fingerprint density at radius 1 is 1.38 bits per heavy atom. The third-order valence-electron chi connectivity index (χ3n) is 2.83. The van der Waals surface area contributed by atoms with Crippen molar-refractivity contribution in [2.75, 3.05) is 11.9 Å². The molecule has 1 unspecified atom stereocenters. The van der Waals surface area contributed by atoms with Crippen LogP contribution >= 0.6 is 0 Å². The number of rotatable bonds is 1. The van der Waals surface area contributed by atoms with E-state index in [1.54, 1.807) is 12.4 Å². The summed E-state index contributed by atoms with van der Waals surface area (Å²) >= 11 is 0. The van der Waals surface area contributed by atoms with Crippen molar-refractivity contribution in [2.45, 2.75) is 19.4 Å². The summed E-state index contributed by atoms with van der Waals surface area (Å²) in [6, 6.07) is 4.26. The van der Waals surface area contributed by atoms with Crippen LogP contribution in [0.15, 0.2) is 24.5 Å². The van der Waals surface area contributed by atoms with Crippen LogP contribution in [0.3, 0.4) is 0 Å². The van der Waals surface area contributed by atoms with Gasteiger partial charge < -0.3 is 5.32 Å². The molecule has 2 aromatic heterocycles. The fraction of sp³-hybridized carbons (Fsp3) is 0.364. The minimum Gasteiger partial charge on any atom is -0.354 e. The van der Waals surface area contributed by atoms with Gasteiger partial charge in [-0.25, -0.2) is 4.68 Å². The highest BCUT2D eigenvalue weighted by Crippen LogP contribution is 2.24. The van der Waals surface area contributed by atoms with E-state index in [1.165, 1.54) is 0 Å². The van der Waals surface area contributed by atoms with Crippen LogP contribution in [0.2, 0.25) is 0 Å². The monoisotopic (exact) mass is 215 g/mol. The lowest BCUT2D eigenvalue weighted by Gasteiger charge is -2.20. The van der Waals surface area contributed by atoms with Crippen LogP contribution in [0.4, 0.5) is 5.95 Å². The number of pyridine rings is 1. The molecule has 3 rings (SSSR count). The van der Waals surface area contributed by atoms with Crippen molar-refractivity contribution < 1.29 is 0 Å². The molecule has 1 N–H and O–H groups in total. The van der Waals surface area contributed by atoms with Gasteiger partial charge in [0, 0.05) is 24.5 Å². The second kappa shape index (κ2) is 3.59. The molecule has 0 saturated carbocycles. The van der Waals surface area contributed by atoms with Crippen molar-refractivity contribution in [3.05, 3.63) is 24.5 Å². The molecule has 2 aromatic rings. The molecule has 0 saturated heterocycles. The van der Waals surface area contributed by atoms with Crippen molar-refractivity contribution in [1.82, 2.24) is 19.7 Å². The highest BCUT2D eigenvalue weighted by molar-refractivity contribution is 5.55. The standard InChI is InChI=1S/C11H13N5/c1-8-2-7-13-11-14-10(15-16(8)11)9-3-5-12-6-4-9/h3-6,8H,2,7H2,1H3,(H,13,14,15). The predicted molar refractivity (Wildman–Crippen MR) is 61.1 cm³/mol. The summed E-state index contributed by atoms with van der Waals surface area (Å²) < 4.78 is 1.96. The van der Waals surface area contributed by atoms with Gasteiger partial charge in [-0.05, 0) is 25.5 Å². The molecule has 1 aliphatic heterocycles. The normalized spacial score (nSPS) is 18.9. The number of hydrogen-bond acceptors (Lipinski definition) is 4. The summed E-state index contributed by atoms with van der Waals surface area (Å²) in [6.07, 6.45) is 4.60. The van der Waals surface area contributed by atoms with Gasteiger partial charge in [-0.2, -0.15) is 4.98 Å². The fourth-order valence-electron chi connectivity index (χ4n) is 1.89. The van der Waals surface area contributed by atoms with E-state index in [4.69, 9.17) is 0 Å². The largest absolute Gasteiger partial charge is 0.354 e. The number of nitrogens with zero attached hydrogens (tertiary/aromatic N) is 4. The van der Waals surface area contributed by atoms with E-state index >= 15 is 0 Å². The quantitative estimate of drug-likeness (QED) is 0.787. The van der Waals surface area contributed by atoms with Crippen LogP contribution in [0.25, 0.3) is 11.4 Å². The molecule has 1 aliphatic rings. The lowest BCUT2D eigenvalue weighted by molar-refractivity contribution is 0.452. The average molecular weight is 215 g/mol. The Kier molecular flexibility index (Phi) is 2.09. The third-order valence-corrected chi connectivity index (χ3v) is 2.83. The van der Waals surface area contributed by atoms with Crippen LogP contribution in [0, 0.1) is 0 Å².